The number of hydrogen-bond donors (Lipinski definition) is 2. The molecule has 1 aliphatic heterocycles. The fourth-order valence-corrected chi connectivity index (χ4v) is 5.96. The standard InChI is InChI=1S/C34H36N4O2/c39-34(37-22-27-9-6-16-35-20-27)33-19-30(23-38(33)31-17-28-10-4-5-11-29(28)18-31)36-21-25-12-14-32(15-13-25)40-24-26-7-2-1-3-8-26/h1-16,20,30-31,33,36H,17-19,21-24H2,(H,37,39)/t30-,33-/m0/s1. The van der Waals surface area contributed by atoms with Crippen molar-refractivity contribution >= 4 is 5.91 Å². The lowest BCUT2D eigenvalue weighted by atomic mass is 10.1. The van der Waals surface area contributed by atoms with E-state index in [9.17, 15) is 4.79 Å². The molecule has 4 aromatic rings. The van der Waals surface area contributed by atoms with Gasteiger partial charge in [-0.25, -0.2) is 0 Å². The van der Waals surface area contributed by atoms with Crippen LogP contribution < -0.4 is 15.4 Å². The topological polar surface area (TPSA) is 66.5 Å². The summed E-state index contributed by atoms with van der Waals surface area (Å²) in [4.78, 5) is 20.1. The smallest absolute Gasteiger partial charge is 0.237 e. The molecule has 0 bridgehead atoms. The van der Waals surface area contributed by atoms with E-state index in [1.807, 2.05) is 48.7 Å². The van der Waals surface area contributed by atoms with Crippen LogP contribution in [0.2, 0.25) is 0 Å². The van der Waals surface area contributed by atoms with Gasteiger partial charge in [0.15, 0.2) is 0 Å². The van der Waals surface area contributed by atoms with Gasteiger partial charge in [-0.15, -0.1) is 0 Å². The maximum Gasteiger partial charge on any atom is 0.237 e. The summed E-state index contributed by atoms with van der Waals surface area (Å²) < 4.78 is 5.94. The number of carbonyl (C=O) groups is 1. The van der Waals surface area contributed by atoms with Crippen molar-refractivity contribution in [3.8, 4) is 5.75 Å². The summed E-state index contributed by atoms with van der Waals surface area (Å²) in [5.41, 5.74) is 6.19. The third-order valence-electron chi connectivity index (χ3n) is 8.10. The lowest BCUT2D eigenvalue weighted by Gasteiger charge is -2.29. The number of rotatable bonds is 10. The molecular weight excluding hydrogens is 496 g/mol. The summed E-state index contributed by atoms with van der Waals surface area (Å²) >= 11 is 0. The van der Waals surface area contributed by atoms with Crippen molar-refractivity contribution < 1.29 is 9.53 Å². The van der Waals surface area contributed by atoms with E-state index in [-0.39, 0.29) is 18.0 Å². The summed E-state index contributed by atoms with van der Waals surface area (Å²) in [6.07, 6.45) is 6.36. The Morgan fingerprint density at radius 2 is 1.55 bits per heavy atom. The van der Waals surface area contributed by atoms with Crippen molar-refractivity contribution in [3.05, 3.63) is 131 Å². The lowest BCUT2D eigenvalue weighted by Crippen LogP contribution is -2.48. The molecule has 6 nitrogen and oxygen atoms in total. The first-order valence-corrected chi connectivity index (χ1v) is 14.2. The molecule has 204 valence electrons. The predicted molar refractivity (Wildman–Crippen MR) is 157 cm³/mol. The molecule has 1 aromatic heterocycles. The number of pyridine rings is 1. The van der Waals surface area contributed by atoms with Gasteiger partial charge in [0, 0.05) is 44.1 Å². The second-order valence-corrected chi connectivity index (χ2v) is 10.9. The molecule has 6 heteroatoms. The van der Waals surface area contributed by atoms with Gasteiger partial charge in [0.25, 0.3) is 0 Å². The van der Waals surface area contributed by atoms with E-state index in [2.05, 4.69) is 69.0 Å². The van der Waals surface area contributed by atoms with Gasteiger partial charge in [0.05, 0.1) is 6.04 Å². The Bertz CT molecular complexity index is 1370. The number of amides is 1. The minimum Gasteiger partial charge on any atom is -0.489 e. The summed E-state index contributed by atoms with van der Waals surface area (Å²) in [7, 11) is 0. The molecule has 1 amide bonds. The molecule has 40 heavy (non-hydrogen) atoms. The van der Waals surface area contributed by atoms with Gasteiger partial charge in [-0.05, 0) is 65.3 Å². The molecule has 1 fully saturated rings. The highest BCUT2D eigenvalue weighted by atomic mass is 16.5. The maximum absolute atomic E-state index is 13.5. The Balaban J connectivity index is 1.07. The molecular formula is C34H36N4O2. The highest BCUT2D eigenvalue weighted by molar-refractivity contribution is 5.82. The van der Waals surface area contributed by atoms with Crippen LogP contribution in [-0.4, -0.2) is 40.5 Å². The second kappa shape index (κ2) is 12.5. The number of benzene rings is 3. The van der Waals surface area contributed by atoms with Gasteiger partial charge in [-0.3, -0.25) is 14.7 Å². The maximum atomic E-state index is 13.5. The predicted octanol–water partition coefficient (Wildman–Crippen LogP) is 4.68. The molecule has 1 saturated heterocycles. The van der Waals surface area contributed by atoms with Crippen molar-refractivity contribution in [3.63, 3.8) is 0 Å². The number of carbonyl (C=O) groups excluding carboxylic acids is 1. The average molecular weight is 533 g/mol. The molecule has 0 spiro atoms. The molecule has 2 aliphatic rings. The van der Waals surface area contributed by atoms with Gasteiger partial charge in [0.1, 0.15) is 12.4 Å². The van der Waals surface area contributed by atoms with Crippen LogP contribution in [0.3, 0.4) is 0 Å². The van der Waals surface area contributed by atoms with Crippen molar-refractivity contribution in [1.82, 2.24) is 20.5 Å². The SMILES string of the molecule is O=C(NCc1cccnc1)[C@@H]1C[C@H](NCc2ccc(OCc3ccccc3)cc2)CN1C1Cc2ccccc2C1. The van der Waals surface area contributed by atoms with E-state index < -0.39 is 0 Å². The van der Waals surface area contributed by atoms with Gasteiger partial charge < -0.3 is 15.4 Å². The molecule has 3 aromatic carbocycles. The summed E-state index contributed by atoms with van der Waals surface area (Å²) in [5, 5.41) is 6.91. The van der Waals surface area contributed by atoms with Gasteiger partial charge in [-0.1, -0.05) is 72.8 Å². The van der Waals surface area contributed by atoms with Crippen LogP contribution in [0, 0.1) is 0 Å². The number of nitrogens with zero attached hydrogens (tertiary/aromatic N) is 2. The fraction of sp³-hybridized carbons (Fsp3) is 0.294. The normalized spacial score (nSPS) is 18.9. The van der Waals surface area contributed by atoms with Gasteiger partial charge >= 0.3 is 0 Å². The third kappa shape index (κ3) is 6.41. The Morgan fingerprint density at radius 3 is 2.27 bits per heavy atom. The minimum absolute atomic E-state index is 0.101. The van der Waals surface area contributed by atoms with Crippen LogP contribution >= 0.6 is 0 Å². The number of fused-ring (bicyclic) bond motifs is 1. The number of hydrogen-bond acceptors (Lipinski definition) is 5. The zero-order valence-corrected chi connectivity index (χ0v) is 22.7. The van der Waals surface area contributed by atoms with E-state index in [1.165, 1.54) is 16.7 Å². The Labute approximate surface area is 236 Å². The van der Waals surface area contributed by atoms with Crippen LogP contribution in [0.1, 0.15) is 34.2 Å². The zero-order valence-electron chi connectivity index (χ0n) is 22.7. The molecule has 0 radical (unpaired) electrons. The summed E-state index contributed by atoms with van der Waals surface area (Å²) in [6, 6.07) is 31.5. The van der Waals surface area contributed by atoms with Crippen LogP contribution in [0.5, 0.6) is 5.75 Å². The van der Waals surface area contributed by atoms with E-state index in [0.717, 1.165) is 49.2 Å². The number of aromatic nitrogens is 1. The molecule has 0 saturated carbocycles. The van der Waals surface area contributed by atoms with Gasteiger partial charge in [0.2, 0.25) is 5.91 Å². The Kier molecular flexibility index (Phi) is 8.17. The van der Waals surface area contributed by atoms with Crippen LogP contribution in [0.4, 0.5) is 0 Å². The van der Waals surface area contributed by atoms with Crippen molar-refractivity contribution in [2.75, 3.05) is 6.54 Å². The fourth-order valence-electron chi connectivity index (χ4n) is 5.96. The molecule has 2 N–H and O–H groups in total. The summed E-state index contributed by atoms with van der Waals surface area (Å²) in [5.74, 6) is 0.967. The first-order valence-electron chi connectivity index (χ1n) is 14.2. The van der Waals surface area contributed by atoms with Crippen molar-refractivity contribution in [2.24, 2.45) is 0 Å². The number of likely N-dealkylation sites (tertiary alicyclic amines) is 1. The van der Waals surface area contributed by atoms with E-state index in [4.69, 9.17) is 4.74 Å². The van der Waals surface area contributed by atoms with E-state index in [0.29, 0.717) is 19.2 Å². The molecule has 1 aliphatic carbocycles. The molecule has 0 unspecified atom stereocenters. The quantitative estimate of drug-likeness (QED) is 0.311. The highest BCUT2D eigenvalue weighted by Crippen LogP contribution is 2.31. The lowest BCUT2D eigenvalue weighted by molar-refractivity contribution is -0.126. The molecule has 2 heterocycles. The van der Waals surface area contributed by atoms with Crippen LogP contribution in [0.15, 0.2) is 103 Å². The molecule has 2 atom stereocenters. The van der Waals surface area contributed by atoms with Crippen molar-refractivity contribution in [2.45, 2.75) is 57.1 Å². The first-order chi connectivity index (χ1) is 19.7. The first kappa shape index (κ1) is 26.2. The summed E-state index contributed by atoms with van der Waals surface area (Å²) in [6.45, 7) is 2.68. The Morgan fingerprint density at radius 1 is 0.825 bits per heavy atom. The number of nitrogens with one attached hydrogen (secondary N) is 2. The van der Waals surface area contributed by atoms with E-state index >= 15 is 0 Å². The third-order valence-corrected chi connectivity index (χ3v) is 8.10. The van der Waals surface area contributed by atoms with Crippen LogP contribution in [0.25, 0.3) is 0 Å². The average Bonchev–Trinajstić information content (AvgIpc) is 3.64. The van der Waals surface area contributed by atoms with Crippen LogP contribution in [-0.2, 0) is 37.3 Å². The number of ether oxygens (including phenoxy) is 1. The zero-order chi connectivity index (χ0) is 27.1. The molecule has 6 rings (SSSR count). The second-order valence-electron chi connectivity index (χ2n) is 10.9. The Hall–Kier alpha value is -4.00. The van der Waals surface area contributed by atoms with Crippen molar-refractivity contribution in [1.29, 1.82) is 0 Å². The highest BCUT2D eigenvalue weighted by Gasteiger charge is 2.41. The largest absolute Gasteiger partial charge is 0.489 e. The minimum atomic E-state index is -0.151. The monoisotopic (exact) mass is 532 g/mol. The van der Waals surface area contributed by atoms with E-state index in [1.54, 1.807) is 6.20 Å². The van der Waals surface area contributed by atoms with Gasteiger partial charge in [-0.2, -0.15) is 0 Å².